The van der Waals surface area contributed by atoms with Crippen molar-refractivity contribution in [1.29, 1.82) is 0 Å². The summed E-state index contributed by atoms with van der Waals surface area (Å²) in [4.78, 5) is 21.9. The minimum absolute atomic E-state index is 0.0771. The van der Waals surface area contributed by atoms with Gasteiger partial charge in [-0.2, -0.15) is 4.31 Å². The van der Waals surface area contributed by atoms with Gasteiger partial charge < -0.3 is 15.2 Å². The van der Waals surface area contributed by atoms with Crippen molar-refractivity contribution < 1.29 is 27.9 Å². The van der Waals surface area contributed by atoms with E-state index in [0.29, 0.717) is 12.0 Å². The molecule has 0 spiro atoms. The Morgan fingerprint density at radius 2 is 2.00 bits per heavy atom. The molecule has 0 saturated carbocycles. The molecule has 24 heavy (non-hydrogen) atoms. The lowest BCUT2D eigenvalue weighted by molar-refractivity contribution is -0.137. The van der Waals surface area contributed by atoms with E-state index in [0.717, 1.165) is 4.31 Å². The average molecular weight is 358 g/mol. The molecular weight excluding hydrogens is 336 g/mol. The highest BCUT2D eigenvalue weighted by molar-refractivity contribution is 7.89. The van der Waals surface area contributed by atoms with Gasteiger partial charge in [-0.3, -0.25) is 9.59 Å². The van der Waals surface area contributed by atoms with Gasteiger partial charge in [-0.05, 0) is 24.1 Å². The lowest BCUT2D eigenvalue weighted by Gasteiger charge is -2.21. The van der Waals surface area contributed by atoms with Gasteiger partial charge in [-0.25, -0.2) is 8.42 Å². The molecule has 1 aromatic carbocycles. The SMILES string of the molecule is CCCN(CC(=O)O)S(=O)(=O)c1cc(CNC(C)=O)ccc1OC. The van der Waals surface area contributed by atoms with E-state index >= 15 is 0 Å². The lowest BCUT2D eigenvalue weighted by atomic mass is 10.2. The molecule has 0 radical (unpaired) electrons. The number of carbonyl (C=O) groups excluding carboxylic acids is 1. The number of carboxylic acid groups (broad SMARTS) is 1. The number of carboxylic acids is 1. The van der Waals surface area contributed by atoms with Crippen molar-refractivity contribution in [3.05, 3.63) is 23.8 Å². The van der Waals surface area contributed by atoms with Crippen LogP contribution in [0.2, 0.25) is 0 Å². The summed E-state index contributed by atoms with van der Waals surface area (Å²) in [5.41, 5.74) is 0.566. The topological polar surface area (TPSA) is 113 Å². The molecule has 0 aliphatic rings. The summed E-state index contributed by atoms with van der Waals surface area (Å²) >= 11 is 0. The van der Waals surface area contributed by atoms with Gasteiger partial charge in [0.15, 0.2) is 0 Å². The van der Waals surface area contributed by atoms with E-state index < -0.39 is 22.5 Å². The van der Waals surface area contributed by atoms with Crippen LogP contribution in [0.5, 0.6) is 5.75 Å². The summed E-state index contributed by atoms with van der Waals surface area (Å²) in [6.07, 6.45) is 0.473. The minimum atomic E-state index is -4.05. The van der Waals surface area contributed by atoms with Gasteiger partial charge >= 0.3 is 5.97 Å². The molecule has 134 valence electrons. The van der Waals surface area contributed by atoms with E-state index in [1.54, 1.807) is 13.0 Å². The van der Waals surface area contributed by atoms with E-state index in [9.17, 15) is 18.0 Å². The summed E-state index contributed by atoms with van der Waals surface area (Å²) in [5.74, 6) is -1.36. The Kier molecular flexibility index (Phi) is 7.18. The standard InChI is InChI=1S/C15H22N2O6S/c1-4-7-17(10-15(19)20)24(21,22)14-8-12(9-16-11(2)18)5-6-13(14)23-3/h5-6,8H,4,7,9-10H2,1-3H3,(H,16,18)(H,19,20). The van der Waals surface area contributed by atoms with E-state index in [4.69, 9.17) is 9.84 Å². The minimum Gasteiger partial charge on any atom is -0.495 e. The number of methoxy groups -OCH3 is 1. The molecule has 0 unspecified atom stereocenters. The smallest absolute Gasteiger partial charge is 0.318 e. The molecule has 0 saturated heterocycles. The van der Waals surface area contributed by atoms with Crippen molar-refractivity contribution in [3.8, 4) is 5.75 Å². The molecule has 1 amide bonds. The van der Waals surface area contributed by atoms with Crippen LogP contribution in [0.4, 0.5) is 0 Å². The Labute approximate surface area is 141 Å². The zero-order chi connectivity index (χ0) is 18.3. The highest BCUT2D eigenvalue weighted by Gasteiger charge is 2.29. The first-order valence-electron chi connectivity index (χ1n) is 7.35. The predicted molar refractivity (Wildman–Crippen MR) is 87.2 cm³/mol. The van der Waals surface area contributed by atoms with Gasteiger partial charge in [0.2, 0.25) is 15.9 Å². The summed E-state index contributed by atoms with van der Waals surface area (Å²) in [7, 11) is -2.71. The molecular formula is C15H22N2O6S. The molecule has 0 bridgehead atoms. The molecule has 0 heterocycles. The first-order chi connectivity index (χ1) is 11.2. The number of hydrogen-bond donors (Lipinski definition) is 2. The zero-order valence-corrected chi connectivity index (χ0v) is 14.7. The van der Waals surface area contributed by atoms with Crippen LogP contribution in [0.15, 0.2) is 23.1 Å². The first-order valence-corrected chi connectivity index (χ1v) is 8.79. The number of carbonyl (C=O) groups is 2. The number of ether oxygens (including phenoxy) is 1. The Morgan fingerprint density at radius 3 is 2.50 bits per heavy atom. The Bertz CT molecular complexity index is 702. The van der Waals surface area contributed by atoms with Crippen molar-refractivity contribution in [2.24, 2.45) is 0 Å². The number of amides is 1. The van der Waals surface area contributed by atoms with Crippen molar-refractivity contribution >= 4 is 21.9 Å². The maximum Gasteiger partial charge on any atom is 0.318 e. The van der Waals surface area contributed by atoms with Crippen LogP contribution in [0.1, 0.15) is 25.8 Å². The van der Waals surface area contributed by atoms with E-state index in [2.05, 4.69) is 5.32 Å². The number of benzene rings is 1. The molecule has 0 atom stereocenters. The molecule has 0 aliphatic heterocycles. The number of nitrogens with one attached hydrogen (secondary N) is 1. The Morgan fingerprint density at radius 1 is 1.33 bits per heavy atom. The monoisotopic (exact) mass is 358 g/mol. The van der Waals surface area contributed by atoms with E-state index in [1.165, 1.54) is 26.2 Å². The average Bonchev–Trinajstić information content (AvgIpc) is 2.51. The van der Waals surface area contributed by atoms with E-state index in [1.807, 2.05) is 0 Å². The lowest BCUT2D eigenvalue weighted by Crippen LogP contribution is -2.36. The maximum atomic E-state index is 12.8. The Balaban J connectivity index is 3.29. The number of hydrogen-bond acceptors (Lipinski definition) is 5. The van der Waals surface area contributed by atoms with Crippen molar-refractivity contribution in [2.75, 3.05) is 20.2 Å². The van der Waals surface area contributed by atoms with Crippen LogP contribution in [-0.4, -0.2) is 49.9 Å². The van der Waals surface area contributed by atoms with Crippen molar-refractivity contribution in [2.45, 2.75) is 31.7 Å². The normalized spacial score (nSPS) is 11.3. The zero-order valence-electron chi connectivity index (χ0n) is 13.9. The number of nitrogens with zero attached hydrogens (tertiary/aromatic N) is 1. The maximum absolute atomic E-state index is 12.8. The van der Waals surface area contributed by atoms with Gasteiger partial charge in [-0.15, -0.1) is 0 Å². The third-order valence-electron chi connectivity index (χ3n) is 3.17. The summed E-state index contributed by atoms with van der Waals surface area (Å²) in [6.45, 7) is 2.73. The third kappa shape index (κ3) is 5.20. The third-order valence-corrected chi connectivity index (χ3v) is 5.04. The van der Waals surface area contributed by atoms with Gasteiger partial charge in [0.25, 0.3) is 0 Å². The van der Waals surface area contributed by atoms with Crippen molar-refractivity contribution in [1.82, 2.24) is 9.62 Å². The highest BCUT2D eigenvalue weighted by Crippen LogP contribution is 2.28. The van der Waals surface area contributed by atoms with Crippen LogP contribution in [0.3, 0.4) is 0 Å². The predicted octanol–water partition coefficient (Wildman–Crippen LogP) is 0.817. The van der Waals surface area contributed by atoms with Crippen LogP contribution in [0.25, 0.3) is 0 Å². The molecule has 8 nitrogen and oxygen atoms in total. The van der Waals surface area contributed by atoms with Crippen LogP contribution in [-0.2, 0) is 26.2 Å². The fourth-order valence-corrected chi connectivity index (χ4v) is 3.77. The molecule has 1 aromatic rings. The fraction of sp³-hybridized carbons (Fsp3) is 0.467. The largest absolute Gasteiger partial charge is 0.495 e. The molecule has 2 N–H and O–H groups in total. The fourth-order valence-electron chi connectivity index (χ4n) is 2.08. The van der Waals surface area contributed by atoms with Gasteiger partial charge in [-0.1, -0.05) is 13.0 Å². The molecule has 9 heteroatoms. The Hall–Kier alpha value is -2.13. The summed E-state index contributed by atoms with van der Waals surface area (Å²) in [5, 5.41) is 11.5. The second kappa shape index (κ2) is 8.65. The van der Waals surface area contributed by atoms with Gasteiger partial charge in [0.1, 0.15) is 17.2 Å². The molecule has 1 rings (SSSR count). The highest BCUT2D eigenvalue weighted by atomic mass is 32.2. The molecule has 0 fully saturated rings. The van der Waals surface area contributed by atoms with Crippen LogP contribution >= 0.6 is 0 Å². The van der Waals surface area contributed by atoms with Crippen molar-refractivity contribution in [3.63, 3.8) is 0 Å². The van der Waals surface area contributed by atoms with E-state index in [-0.39, 0.29) is 29.6 Å². The quantitative estimate of drug-likeness (QED) is 0.676. The first kappa shape index (κ1) is 19.9. The summed E-state index contributed by atoms with van der Waals surface area (Å²) in [6, 6.07) is 4.50. The number of aliphatic carboxylic acids is 1. The van der Waals surface area contributed by atoms with Gasteiger partial charge in [0.05, 0.1) is 7.11 Å². The van der Waals surface area contributed by atoms with Crippen LogP contribution in [0, 0.1) is 0 Å². The summed E-state index contributed by atoms with van der Waals surface area (Å²) < 4.78 is 31.6. The van der Waals surface area contributed by atoms with Gasteiger partial charge in [0, 0.05) is 20.0 Å². The molecule has 0 aromatic heterocycles. The number of sulfonamides is 1. The second-order valence-corrected chi connectivity index (χ2v) is 7.03. The second-order valence-electron chi connectivity index (χ2n) is 5.13. The van der Waals surface area contributed by atoms with Crippen LogP contribution < -0.4 is 10.1 Å². The number of rotatable bonds is 9. The molecule has 0 aliphatic carbocycles.